The molecule has 5 aliphatic rings. The maximum Gasteiger partial charge on any atom is 0.315 e. The topological polar surface area (TPSA) is 50.4 Å². The maximum absolute atomic E-state index is 12.3. The molecule has 0 atom stereocenters. The molecular formula is C19H32N2O2. The molecule has 0 aromatic rings. The summed E-state index contributed by atoms with van der Waals surface area (Å²) in [7, 11) is 1.86. The van der Waals surface area contributed by atoms with Crippen molar-refractivity contribution in [2.24, 2.45) is 23.7 Å². The van der Waals surface area contributed by atoms with Crippen molar-refractivity contribution in [1.29, 1.82) is 0 Å². The van der Waals surface area contributed by atoms with Gasteiger partial charge in [-0.05, 0) is 68.6 Å². The van der Waals surface area contributed by atoms with Crippen molar-refractivity contribution in [2.45, 2.75) is 75.9 Å². The van der Waals surface area contributed by atoms with Gasteiger partial charge in [0.05, 0.1) is 5.60 Å². The quantitative estimate of drug-likeness (QED) is 0.833. The fraction of sp³-hybridized carbons (Fsp3) is 0.947. The lowest BCUT2D eigenvalue weighted by Gasteiger charge is -2.60. The Labute approximate surface area is 140 Å². The van der Waals surface area contributed by atoms with Crippen LogP contribution in [-0.4, -0.2) is 31.3 Å². The molecule has 5 saturated carbocycles. The first-order valence-corrected chi connectivity index (χ1v) is 9.79. The van der Waals surface area contributed by atoms with Crippen molar-refractivity contribution in [3.05, 3.63) is 0 Å². The van der Waals surface area contributed by atoms with Crippen LogP contribution in [0.4, 0.5) is 4.79 Å². The Hall–Kier alpha value is -0.770. The summed E-state index contributed by atoms with van der Waals surface area (Å²) >= 11 is 0. The third kappa shape index (κ3) is 2.88. The van der Waals surface area contributed by atoms with Gasteiger partial charge in [-0.15, -0.1) is 0 Å². The summed E-state index contributed by atoms with van der Waals surface area (Å²) in [6, 6.07) is 0.392. The van der Waals surface area contributed by atoms with Crippen molar-refractivity contribution in [3.63, 3.8) is 0 Å². The highest BCUT2D eigenvalue weighted by molar-refractivity contribution is 5.74. The SMILES string of the molecule is COC1(CNC(=O)NC2CCCCC2)C2CC3CC(C2)CC1C3. The standard InChI is InChI=1S/C19H32N2O2/c1-23-19(12-20-18(22)21-17-5-3-2-4-6-17)15-8-13-7-14(10-15)11-16(19)9-13/h13-17H,2-12H2,1H3,(H2,20,21,22). The van der Waals surface area contributed by atoms with Gasteiger partial charge in [0.25, 0.3) is 0 Å². The molecule has 0 saturated heterocycles. The van der Waals surface area contributed by atoms with Crippen molar-refractivity contribution >= 4 is 6.03 Å². The summed E-state index contributed by atoms with van der Waals surface area (Å²) in [5, 5.41) is 6.35. The van der Waals surface area contributed by atoms with E-state index in [-0.39, 0.29) is 11.6 Å². The lowest BCUT2D eigenvalue weighted by molar-refractivity contribution is -0.186. The third-order valence-electron chi connectivity index (χ3n) is 7.37. The van der Waals surface area contributed by atoms with E-state index in [1.807, 2.05) is 7.11 Å². The van der Waals surface area contributed by atoms with Gasteiger partial charge in [-0.2, -0.15) is 0 Å². The Bertz CT molecular complexity index is 417. The minimum absolute atomic E-state index is 0.0159. The number of urea groups is 1. The molecule has 23 heavy (non-hydrogen) atoms. The second-order valence-electron chi connectivity index (χ2n) is 8.63. The fourth-order valence-electron chi connectivity index (χ4n) is 6.38. The average Bonchev–Trinajstić information content (AvgIpc) is 2.55. The first-order valence-electron chi connectivity index (χ1n) is 9.79. The molecule has 4 nitrogen and oxygen atoms in total. The average molecular weight is 320 g/mol. The first kappa shape index (κ1) is 15.7. The number of amides is 2. The number of nitrogens with one attached hydrogen (secondary N) is 2. The zero-order valence-corrected chi connectivity index (χ0v) is 14.5. The van der Waals surface area contributed by atoms with Crippen LogP contribution in [0.5, 0.6) is 0 Å². The van der Waals surface area contributed by atoms with Crippen molar-refractivity contribution in [2.75, 3.05) is 13.7 Å². The number of carbonyl (C=O) groups is 1. The van der Waals surface area contributed by atoms with E-state index in [1.54, 1.807) is 0 Å². The van der Waals surface area contributed by atoms with Gasteiger partial charge in [0.15, 0.2) is 0 Å². The van der Waals surface area contributed by atoms with Gasteiger partial charge in [-0.1, -0.05) is 19.3 Å². The summed E-state index contributed by atoms with van der Waals surface area (Å²) in [6.45, 7) is 0.691. The molecule has 130 valence electrons. The molecular weight excluding hydrogens is 288 g/mol. The molecule has 0 aromatic carbocycles. The first-order chi connectivity index (χ1) is 11.2. The minimum atomic E-state index is -0.0999. The van der Waals surface area contributed by atoms with E-state index in [0.717, 1.165) is 24.7 Å². The fourth-order valence-corrected chi connectivity index (χ4v) is 6.38. The van der Waals surface area contributed by atoms with Gasteiger partial charge in [0, 0.05) is 19.7 Å². The predicted molar refractivity (Wildman–Crippen MR) is 90.2 cm³/mol. The molecule has 0 aromatic heterocycles. The molecule has 5 fully saturated rings. The van der Waals surface area contributed by atoms with Crippen LogP contribution in [0.15, 0.2) is 0 Å². The van der Waals surface area contributed by atoms with Crippen LogP contribution in [0.3, 0.4) is 0 Å². The van der Waals surface area contributed by atoms with E-state index in [0.29, 0.717) is 24.4 Å². The highest BCUT2D eigenvalue weighted by Crippen LogP contribution is 2.59. The maximum atomic E-state index is 12.3. The van der Waals surface area contributed by atoms with E-state index in [2.05, 4.69) is 10.6 Å². The van der Waals surface area contributed by atoms with Crippen LogP contribution >= 0.6 is 0 Å². The van der Waals surface area contributed by atoms with Gasteiger partial charge in [-0.3, -0.25) is 0 Å². The summed E-state index contributed by atoms with van der Waals surface area (Å²) in [5.74, 6) is 3.16. The third-order valence-corrected chi connectivity index (χ3v) is 7.37. The highest BCUT2D eigenvalue weighted by Gasteiger charge is 2.57. The van der Waals surface area contributed by atoms with Gasteiger partial charge >= 0.3 is 6.03 Å². The van der Waals surface area contributed by atoms with Crippen molar-refractivity contribution in [3.8, 4) is 0 Å². The molecule has 0 heterocycles. The molecule has 4 bridgehead atoms. The van der Waals surface area contributed by atoms with Gasteiger partial charge in [0.1, 0.15) is 0 Å². The van der Waals surface area contributed by atoms with Gasteiger partial charge in [0.2, 0.25) is 0 Å². The van der Waals surface area contributed by atoms with Crippen molar-refractivity contribution < 1.29 is 9.53 Å². The largest absolute Gasteiger partial charge is 0.376 e. The summed E-state index contributed by atoms with van der Waals surface area (Å²) in [5.41, 5.74) is -0.0999. The smallest absolute Gasteiger partial charge is 0.315 e. The molecule has 5 aliphatic carbocycles. The Morgan fingerprint density at radius 1 is 1.00 bits per heavy atom. The Balaban J connectivity index is 1.35. The number of rotatable bonds is 4. The van der Waals surface area contributed by atoms with Crippen LogP contribution in [0, 0.1) is 23.7 Å². The van der Waals surface area contributed by atoms with Gasteiger partial charge in [-0.25, -0.2) is 4.79 Å². The van der Waals surface area contributed by atoms with E-state index in [1.165, 1.54) is 51.4 Å². The zero-order valence-electron chi connectivity index (χ0n) is 14.5. The minimum Gasteiger partial charge on any atom is -0.376 e. The second kappa shape index (κ2) is 6.27. The van der Waals surface area contributed by atoms with E-state index < -0.39 is 0 Å². The van der Waals surface area contributed by atoms with Crippen LogP contribution in [0.25, 0.3) is 0 Å². The highest BCUT2D eigenvalue weighted by atomic mass is 16.5. The number of ether oxygens (including phenoxy) is 1. The summed E-state index contributed by atoms with van der Waals surface area (Å²) < 4.78 is 6.11. The van der Waals surface area contributed by atoms with E-state index in [4.69, 9.17) is 4.74 Å². The Kier molecular flexibility index (Phi) is 4.29. The monoisotopic (exact) mass is 320 g/mol. The van der Waals surface area contributed by atoms with Crippen molar-refractivity contribution in [1.82, 2.24) is 10.6 Å². The molecule has 0 spiro atoms. The summed E-state index contributed by atoms with van der Waals surface area (Å²) in [4.78, 5) is 12.3. The molecule has 2 N–H and O–H groups in total. The Morgan fingerprint density at radius 3 is 2.17 bits per heavy atom. The molecule has 5 rings (SSSR count). The van der Waals surface area contributed by atoms with Crippen LogP contribution in [0.2, 0.25) is 0 Å². The number of carbonyl (C=O) groups excluding carboxylic acids is 1. The van der Waals surface area contributed by atoms with Crippen LogP contribution < -0.4 is 10.6 Å². The number of hydrogen-bond acceptors (Lipinski definition) is 2. The lowest BCUT2D eigenvalue weighted by atomic mass is 9.49. The summed E-state index contributed by atoms with van der Waals surface area (Å²) in [6.07, 6.45) is 12.8. The molecule has 0 unspecified atom stereocenters. The number of methoxy groups -OCH3 is 1. The molecule has 0 aliphatic heterocycles. The van der Waals surface area contributed by atoms with Crippen LogP contribution in [0.1, 0.15) is 64.2 Å². The molecule has 4 heteroatoms. The Morgan fingerprint density at radius 2 is 1.61 bits per heavy atom. The van der Waals surface area contributed by atoms with Gasteiger partial charge < -0.3 is 15.4 Å². The molecule has 0 radical (unpaired) electrons. The molecule has 2 amide bonds. The zero-order chi connectivity index (χ0) is 15.9. The second-order valence-corrected chi connectivity index (χ2v) is 8.63. The predicted octanol–water partition coefficient (Wildman–Crippen LogP) is 3.46. The van der Waals surface area contributed by atoms with Crippen LogP contribution in [-0.2, 0) is 4.74 Å². The van der Waals surface area contributed by atoms with E-state index >= 15 is 0 Å². The number of hydrogen-bond donors (Lipinski definition) is 2. The lowest BCUT2D eigenvalue weighted by Crippen LogP contribution is -2.63. The normalized spacial score (nSPS) is 42.7. The van der Waals surface area contributed by atoms with E-state index in [9.17, 15) is 4.79 Å².